The predicted molar refractivity (Wildman–Crippen MR) is 110 cm³/mol. The largest absolute Gasteiger partial charge is 0.454 e. The standard InChI is InChI=1S/C22H25N3O4/c26-22(24-27)8-6-17-3-1-2-4-19(17)25-11-9-18(10-12-25)23-14-16-5-7-20-21(13-16)29-15-28-20/h1-8,13,18,23,27H,9-12,14-15H2,(H,24,26). The average Bonchev–Trinajstić information content (AvgIpc) is 3.24. The molecule has 1 fully saturated rings. The van der Waals surface area contributed by atoms with E-state index >= 15 is 0 Å². The maximum atomic E-state index is 11.3. The molecule has 0 aliphatic carbocycles. The maximum Gasteiger partial charge on any atom is 0.267 e. The van der Waals surface area contributed by atoms with E-state index in [0.717, 1.165) is 55.2 Å². The Bertz CT molecular complexity index is 891. The number of hydrogen-bond donors (Lipinski definition) is 3. The first kappa shape index (κ1) is 19.3. The molecule has 0 unspecified atom stereocenters. The minimum Gasteiger partial charge on any atom is -0.454 e. The second kappa shape index (κ2) is 8.98. The number of rotatable bonds is 6. The van der Waals surface area contributed by atoms with Gasteiger partial charge in [0.15, 0.2) is 11.5 Å². The highest BCUT2D eigenvalue weighted by Crippen LogP contribution is 2.32. The zero-order valence-corrected chi connectivity index (χ0v) is 16.1. The van der Waals surface area contributed by atoms with Crippen LogP contribution in [0.1, 0.15) is 24.0 Å². The molecule has 2 aliphatic rings. The second-order valence-electron chi connectivity index (χ2n) is 7.20. The van der Waals surface area contributed by atoms with Crippen LogP contribution >= 0.6 is 0 Å². The quantitative estimate of drug-likeness (QED) is 0.396. The highest BCUT2D eigenvalue weighted by Gasteiger charge is 2.20. The van der Waals surface area contributed by atoms with Crippen LogP contribution in [0.4, 0.5) is 5.69 Å². The van der Waals surface area contributed by atoms with E-state index < -0.39 is 5.91 Å². The second-order valence-corrected chi connectivity index (χ2v) is 7.20. The molecular weight excluding hydrogens is 370 g/mol. The molecule has 0 radical (unpaired) electrons. The monoisotopic (exact) mass is 395 g/mol. The number of para-hydroxylation sites is 1. The Morgan fingerprint density at radius 2 is 1.93 bits per heavy atom. The first-order chi connectivity index (χ1) is 14.2. The van der Waals surface area contributed by atoms with Gasteiger partial charge in [0, 0.05) is 37.4 Å². The molecule has 1 amide bonds. The fourth-order valence-electron chi connectivity index (χ4n) is 3.76. The lowest BCUT2D eigenvalue weighted by Gasteiger charge is -2.35. The molecule has 7 nitrogen and oxygen atoms in total. The van der Waals surface area contributed by atoms with Gasteiger partial charge in [-0.3, -0.25) is 10.0 Å². The van der Waals surface area contributed by atoms with E-state index in [9.17, 15) is 4.79 Å². The topological polar surface area (TPSA) is 83.1 Å². The van der Waals surface area contributed by atoms with Gasteiger partial charge < -0.3 is 19.7 Å². The number of carbonyl (C=O) groups is 1. The van der Waals surface area contributed by atoms with Crippen LogP contribution in [0.3, 0.4) is 0 Å². The third-order valence-corrected chi connectivity index (χ3v) is 5.33. The van der Waals surface area contributed by atoms with E-state index in [1.807, 2.05) is 30.3 Å². The van der Waals surface area contributed by atoms with Crippen LogP contribution in [0.25, 0.3) is 6.08 Å². The van der Waals surface area contributed by atoms with Gasteiger partial charge in [0.05, 0.1) is 0 Å². The lowest BCUT2D eigenvalue weighted by Crippen LogP contribution is -2.42. The average molecular weight is 395 g/mol. The van der Waals surface area contributed by atoms with Crippen molar-refractivity contribution in [2.24, 2.45) is 0 Å². The van der Waals surface area contributed by atoms with Crippen LogP contribution in [0.15, 0.2) is 48.5 Å². The lowest BCUT2D eigenvalue weighted by molar-refractivity contribution is -0.124. The highest BCUT2D eigenvalue weighted by atomic mass is 16.7. The number of amides is 1. The van der Waals surface area contributed by atoms with Gasteiger partial charge in [-0.1, -0.05) is 24.3 Å². The van der Waals surface area contributed by atoms with Crippen molar-refractivity contribution in [3.8, 4) is 11.5 Å². The van der Waals surface area contributed by atoms with E-state index in [0.29, 0.717) is 12.8 Å². The number of anilines is 1. The molecule has 2 aromatic carbocycles. The molecule has 7 heteroatoms. The molecular formula is C22H25N3O4. The number of ether oxygens (including phenoxy) is 2. The Kier molecular flexibility index (Phi) is 5.97. The first-order valence-electron chi connectivity index (χ1n) is 9.81. The molecule has 2 aromatic rings. The number of nitrogens with zero attached hydrogens (tertiary/aromatic N) is 1. The third-order valence-electron chi connectivity index (χ3n) is 5.33. The van der Waals surface area contributed by atoms with E-state index in [1.54, 1.807) is 11.6 Å². The number of nitrogens with one attached hydrogen (secondary N) is 2. The van der Waals surface area contributed by atoms with Gasteiger partial charge in [-0.05, 0) is 48.2 Å². The molecule has 4 rings (SSSR count). The van der Waals surface area contributed by atoms with Gasteiger partial charge >= 0.3 is 0 Å². The number of benzene rings is 2. The normalized spacial score (nSPS) is 16.4. The third kappa shape index (κ3) is 4.70. The van der Waals surface area contributed by atoms with Crippen LogP contribution in [0.2, 0.25) is 0 Å². The van der Waals surface area contributed by atoms with E-state index in [1.165, 1.54) is 11.6 Å². The van der Waals surface area contributed by atoms with Crippen molar-refractivity contribution in [2.75, 3.05) is 24.8 Å². The highest BCUT2D eigenvalue weighted by molar-refractivity contribution is 5.91. The SMILES string of the molecule is O=C(C=Cc1ccccc1N1CCC(NCc2ccc3c(c2)OCO3)CC1)NO. The lowest BCUT2D eigenvalue weighted by atomic mass is 10.0. The Morgan fingerprint density at radius 1 is 1.14 bits per heavy atom. The molecule has 0 bridgehead atoms. The number of carbonyl (C=O) groups excluding carboxylic acids is 1. The predicted octanol–water partition coefficient (Wildman–Crippen LogP) is 2.69. The first-order valence-corrected chi connectivity index (χ1v) is 9.81. The fourth-order valence-corrected chi connectivity index (χ4v) is 3.76. The molecule has 1 saturated heterocycles. The van der Waals surface area contributed by atoms with Crippen molar-refractivity contribution in [3.63, 3.8) is 0 Å². The van der Waals surface area contributed by atoms with Crippen LogP contribution in [-0.4, -0.2) is 37.0 Å². The molecule has 2 aliphatic heterocycles. The Morgan fingerprint density at radius 3 is 2.76 bits per heavy atom. The minimum absolute atomic E-state index is 0.298. The summed E-state index contributed by atoms with van der Waals surface area (Å²) in [5, 5.41) is 12.3. The summed E-state index contributed by atoms with van der Waals surface area (Å²) in [5.74, 6) is 1.09. The van der Waals surface area contributed by atoms with Crippen molar-refractivity contribution < 1.29 is 19.5 Å². The summed E-state index contributed by atoms with van der Waals surface area (Å²) < 4.78 is 10.8. The van der Waals surface area contributed by atoms with Crippen LogP contribution < -0.4 is 25.2 Å². The molecule has 3 N–H and O–H groups in total. The summed E-state index contributed by atoms with van der Waals surface area (Å²) in [6.45, 7) is 2.98. The maximum absolute atomic E-state index is 11.3. The molecule has 29 heavy (non-hydrogen) atoms. The van der Waals surface area contributed by atoms with Gasteiger partial charge in [-0.25, -0.2) is 5.48 Å². The van der Waals surface area contributed by atoms with E-state index in [-0.39, 0.29) is 0 Å². The molecule has 152 valence electrons. The zero-order chi connectivity index (χ0) is 20.1. The van der Waals surface area contributed by atoms with Gasteiger partial charge in [-0.15, -0.1) is 0 Å². The summed E-state index contributed by atoms with van der Waals surface area (Å²) in [6.07, 6.45) is 5.14. The minimum atomic E-state index is -0.536. The zero-order valence-electron chi connectivity index (χ0n) is 16.1. The summed E-state index contributed by atoms with van der Waals surface area (Å²) in [7, 11) is 0. The van der Waals surface area contributed by atoms with Crippen molar-refractivity contribution in [2.45, 2.75) is 25.4 Å². The Labute approximate surface area is 169 Å². The van der Waals surface area contributed by atoms with Crippen molar-refractivity contribution >= 4 is 17.7 Å². The van der Waals surface area contributed by atoms with Crippen molar-refractivity contribution in [1.82, 2.24) is 10.8 Å². The van der Waals surface area contributed by atoms with E-state index in [2.05, 4.69) is 22.3 Å². The molecule has 0 atom stereocenters. The fraction of sp³-hybridized carbons (Fsp3) is 0.318. The Hall–Kier alpha value is -3.03. The van der Waals surface area contributed by atoms with Crippen molar-refractivity contribution in [1.29, 1.82) is 0 Å². The molecule has 2 heterocycles. The smallest absolute Gasteiger partial charge is 0.267 e. The number of piperidine rings is 1. The van der Waals surface area contributed by atoms with Gasteiger partial charge in [0.2, 0.25) is 6.79 Å². The Balaban J connectivity index is 1.32. The van der Waals surface area contributed by atoms with Gasteiger partial charge in [0.1, 0.15) is 0 Å². The van der Waals surface area contributed by atoms with Crippen LogP contribution in [0.5, 0.6) is 11.5 Å². The van der Waals surface area contributed by atoms with Crippen LogP contribution in [-0.2, 0) is 11.3 Å². The van der Waals surface area contributed by atoms with Gasteiger partial charge in [-0.2, -0.15) is 0 Å². The molecule has 0 spiro atoms. The number of hydrogen-bond acceptors (Lipinski definition) is 6. The van der Waals surface area contributed by atoms with E-state index in [4.69, 9.17) is 14.7 Å². The summed E-state index contributed by atoms with van der Waals surface area (Å²) in [4.78, 5) is 13.6. The molecule has 0 saturated carbocycles. The van der Waals surface area contributed by atoms with Gasteiger partial charge in [0.25, 0.3) is 5.91 Å². The number of hydroxylamine groups is 1. The van der Waals surface area contributed by atoms with Crippen LogP contribution in [0, 0.1) is 0 Å². The summed E-state index contributed by atoms with van der Waals surface area (Å²) in [5.41, 5.74) is 4.87. The summed E-state index contributed by atoms with van der Waals surface area (Å²) in [6, 6.07) is 14.5. The molecule has 0 aromatic heterocycles. The summed E-state index contributed by atoms with van der Waals surface area (Å²) >= 11 is 0. The number of fused-ring (bicyclic) bond motifs is 1. The van der Waals surface area contributed by atoms with Crippen molar-refractivity contribution in [3.05, 3.63) is 59.7 Å².